The normalized spacial score (nSPS) is 19.2. The van der Waals surface area contributed by atoms with E-state index in [1.54, 1.807) is 18.1 Å². The molecule has 9 heteroatoms. The predicted molar refractivity (Wildman–Crippen MR) is 86.0 cm³/mol. The lowest BCUT2D eigenvalue weighted by molar-refractivity contribution is -0.0355. The highest BCUT2D eigenvalue weighted by Gasteiger charge is 2.52. The van der Waals surface area contributed by atoms with Gasteiger partial charge in [-0.25, -0.2) is 8.42 Å². The van der Waals surface area contributed by atoms with Crippen molar-refractivity contribution in [1.29, 1.82) is 10.7 Å². The van der Waals surface area contributed by atoms with Crippen LogP contribution in [-0.4, -0.2) is 60.8 Å². The molecular weight excluding hydrogens is 304 g/mol. The summed E-state index contributed by atoms with van der Waals surface area (Å²) in [5.74, 6) is 0.0438. The molecule has 1 aliphatic rings. The Morgan fingerprint density at radius 3 is 2.64 bits per heavy atom. The number of sulfonamides is 1. The van der Waals surface area contributed by atoms with Gasteiger partial charge in [0.05, 0.1) is 24.6 Å². The van der Waals surface area contributed by atoms with Crippen LogP contribution in [0, 0.1) is 16.7 Å². The second-order valence-corrected chi connectivity index (χ2v) is 7.52. The maximum Gasteiger partial charge on any atom is 0.213 e. The van der Waals surface area contributed by atoms with Crippen LogP contribution in [0.2, 0.25) is 0 Å². The molecule has 2 N–H and O–H groups in total. The summed E-state index contributed by atoms with van der Waals surface area (Å²) in [6, 6.07) is 2.13. The van der Waals surface area contributed by atoms with Crippen LogP contribution in [0.1, 0.15) is 33.6 Å². The van der Waals surface area contributed by atoms with Gasteiger partial charge in [-0.1, -0.05) is 6.92 Å². The van der Waals surface area contributed by atoms with Gasteiger partial charge in [-0.15, -0.1) is 0 Å². The highest BCUT2D eigenvalue weighted by molar-refractivity contribution is 7.89. The van der Waals surface area contributed by atoms with Crippen molar-refractivity contribution in [2.45, 2.75) is 45.3 Å². The lowest BCUT2D eigenvalue weighted by atomic mass is 9.88. The first kappa shape index (κ1) is 18.4. The number of nitrogens with one attached hydrogen (secondary N) is 2. The highest BCUT2D eigenvalue weighted by atomic mass is 32.2. The van der Waals surface area contributed by atoms with Crippen LogP contribution in [-0.2, 0) is 10.0 Å². The topological polar surface area (TPSA) is 113 Å². The van der Waals surface area contributed by atoms with E-state index in [-0.39, 0.29) is 31.4 Å². The maximum absolute atomic E-state index is 11.9. The first-order chi connectivity index (χ1) is 10.4. The summed E-state index contributed by atoms with van der Waals surface area (Å²) in [5.41, 5.74) is -0.655. The minimum atomic E-state index is -3.26. The number of hydrogen-bond donors (Lipinski definition) is 2. The first-order valence-electron chi connectivity index (χ1n) is 7.28. The largest absolute Gasteiger partial charge is 0.356 e. The number of rotatable bonds is 9. The van der Waals surface area contributed by atoms with Gasteiger partial charge < -0.3 is 5.32 Å². The summed E-state index contributed by atoms with van der Waals surface area (Å²) in [4.78, 5) is 0. The lowest BCUT2D eigenvalue weighted by Crippen LogP contribution is -2.72. The summed E-state index contributed by atoms with van der Waals surface area (Å²) >= 11 is 0. The quantitative estimate of drug-likeness (QED) is 0.278. The Morgan fingerprint density at radius 2 is 2.18 bits per heavy atom. The Hall–Kier alpha value is -1.66. The number of nitriles is 1. The van der Waals surface area contributed by atoms with Crippen molar-refractivity contribution in [3.63, 3.8) is 0 Å². The highest BCUT2D eigenvalue weighted by Crippen LogP contribution is 2.34. The fourth-order valence-corrected chi connectivity index (χ4v) is 3.71. The number of nitrogens with zero attached hydrogens (tertiary/aromatic N) is 4. The first-order valence-corrected chi connectivity index (χ1v) is 8.89. The van der Waals surface area contributed by atoms with Crippen LogP contribution in [0.4, 0.5) is 0 Å². The number of hydrogen-bond acceptors (Lipinski definition) is 6. The maximum atomic E-state index is 11.9. The van der Waals surface area contributed by atoms with E-state index >= 15 is 0 Å². The number of hydrazone groups is 1. The van der Waals surface area contributed by atoms with E-state index in [0.29, 0.717) is 0 Å². The molecule has 1 aliphatic heterocycles. The summed E-state index contributed by atoms with van der Waals surface area (Å²) in [5, 5.41) is 25.2. The monoisotopic (exact) mass is 328 g/mol. The Bertz CT molecular complexity index is 547. The molecule has 0 aliphatic carbocycles. The molecule has 1 fully saturated rings. The van der Waals surface area contributed by atoms with Crippen molar-refractivity contribution in [2.24, 2.45) is 5.10 Å². The second-order valence-electron chi connectivity index (χ2n) is 5.27. The summed E-state index contributed by atoms with van der Waals surface area (Å²) < 4.78 is 25.3. The fraction of sp³-hybridized carbons (Fsp3) is 0.769. The molecule has 0 aromatic rings. The molecule has 0 bridgehead atoms. The fourth-order valence-electron chi connectivity index (χ4n) is 2.47. The van der Waals surface area contributed by atoms with Crippen LogP contribution in [0.15, 0.2) is 5.10 Å². The van der Waals surface area contributed by atoms with Crippen molar-refractivity contribution in [2.75, 3.05) is 18.8 Å². The van der Waals surface area contributed by atoms with Gasteiger partial charge in [0.25, 0.3) is 0 Å². The molecule has 0 spiro atoms. The Balaban J connectivity index is 3.04. The van der Waals surface area contributed by atoms with Crippen molar-refractivity contribution in [1.82, 2.24) is 14.6 Å². The summed E-state index contributed by atoms with van der Waals surface area (Å²) in [6.45, 7) is 5.85. The molecule has 0 aromatic carbocycles. The minimum absolute atomic E-state index is 0.0438. The molecule has 124 valence electrons. The van der Waals surface area contributed by atoms with Gasteiger partial charge in [0.15, 0.2) is 0 Å². The smallest absolute Gasteiger partial charge is 0.213 e. The van der Waals surface area contributed by atoms with E-state index in [1.807, 2.05) is 13.8 Å². The van der Waals surface area contributed by atoms with Gasteiger partial charge in [-0.3, -0.25) is 10.4 Å². The second kappa shape index (κ2) is 7.56. The average Bonchev–Trinajstić information content (AvgIpc) is 2.44. The third-order valence-corrected chi connectivity index (χ3v) is 5.45. The Kier molecular flexibility index (Phi) is 6.32. The molecule has 0 radical (unpaired) electrons. The zero-order valence-electron chi connectivity index (χ0n) is 13.3. The summed E-state index contributed by atoms with van der Waals surface area (Å²) in [6.07, 6.45) is 3.39. The molecule has 1 atom stereocenters. The van der Waals surface area contributed by atoms with Gasteiger partial charge in [0, 0.05) is 19.3 Å². The molecular formula is C13H24N6O2S. The van der Waals surface area contributed by atoms with Crippen molar-refractivity contribution in [3.05, 3.63) is 0 Å². The molecule has 1 rings (SSSR count). The molecule has 8 nitrogen and oxygen atoms in total. The van der Waals surface area contributed by atoms with E-state index in [1.165, 1.54) is 4.31 Å². The van der Waals surface area contributed by atoms with Crippen LogP contribution in [0.5, 0.6) is 0 Å². The van der Waals surface area contributed by atoms with Crippen LogP contribution in [0.25, 0.3) is 0 Å². The van der Waals surface area contributed by atoms with Gasteiger partial charge >= 0.3 is 0 Å². The third-order valence-electron chi connectivity index (χ3n) is 3.67. The van der Waals surface area contributed by atoms with Gasteiger partial charge in [0.2, 0.25) is 10.0 Å². The Morgan fingerprint density at radius 1 is 1.55 bits per heavy atom. The zero-order chi connectivity index (χ0) is 16.8. The zero-order valence-corrected chi connectivity index (χ0v) is 14.1. The molecule has 0 amide bonds. The lowest BCUT2D eigenvalue weighted by Gasteiger charge is -2.54. The molecule has 1 heterocycles. The van der Waals surface area contributed by atoms with Crippen LogP contribution in [0.3, 0.4) is 0 Å². The van der Waals surface area contributed by atoms with Gasteiger partial charge in [0.1, 0.15) is 11.7 Å². The third kappa shape index (κ3) is 3.75. The van der Waals surface area contributed by atoms with Crippen molar-refractivity contribution >= 4 is 22.6 Å². The van der Waals surface area contributed by atoms with Crippen molar-refractivity contribution in [3.8, 4) is 6.07 Å². The summed E-state index contributed by atoms with van der Waals surface area (Å²) in [7, 11) is -3.26. The van der Waals surface area contributed by atoms with Gasteiger partial charge in [-0.2, -0.15) is 14.7 Å². The average molecular weight is 328 g/mol. The minimum Gasteiger partial charge on any atom is -0.356 e. The molecule has 22 heavy (non-hydrogen) atoms. The molecule has 0 saturated carbocycles. The van der Waals surface area contributed by atoms with Gasteiger partial charge in [-0.05, 0) is 20.3 Å². The molecule has 0 aromatic heterocycles. The molecule has 1 unspecified atom stereocenters. The van der Waals surface area contributed by atoms with Crippen LogP contribution >= 0.6 is 0 Å². The Labute approximate surface area is 132 Å². The standard InChI is InChI=1S/C13H24N6O2S/c1-4-8-17-19(12(3)16-11-15)13(6-7-14)9-18(10-13)22(20,21)5-2/h8,11-12H,4-6,9-10H2,1-3H3,(H2,15,16)/b17-8-. The van der Waals surface area contributed by atoms with Crippen LogP contribution < -0.4 is 5.32 Å². The van der Waals surface area contributed by atoms with E-state index in [0.717, 1.165) is 12.8 Å². The predicted octanol–water partition coefficient (Wildman–Crippen LogP) is 0.545. The van der Waals surface area contributed by atoms with E-state index in [4.69, 9.17) is 10.7 Å². The van der Waals surface area contributed by atoms with E-state index < -0.39 is 15.6 Å². The molecule has 1 saturated heterocycles. The SMILES string of the molecule is CC/C=N\N(C(C)NC=N)C1(CC#N)CN(S(=O)(=O)CC)C1. The van der Waals surface area contributed by atoms with Crippen molar-refractivity contribution < 1.29 is 8.42 Å². The van der Waals surface area contributed by atoms with E-state index in [9.17, 15) is 8.42 Å². The van der Waals surface area contributed by atoms with E-state index in [2.05, 4.69) is 16.5 Å².